The molecule has 83 heavy (non-hydrogen) atoms. The first-order valence-electron chi connectivity index (χ1n) is 23.6. The maximum Gasteiger partial charge on any atom is 0.490 e. The number of carbonyl (C=O) groups excluding carboxylic acids is 3. The number of nitrogens with zero attached hydrogens (tertiary/aromatic N) is 5. The minimum atomic E-state index is -5.71. The summed E-state index contributed by atoms with van der Waals surface area (Å²) in [6.45, 7) is 0.522. The number of aromatic nitrogens is 5. The van der Waals surface area contributed by atoms with Gasteiger partial charge in [-0.1, -0.05) is 23.7 Å². The van der Waals surface area contributed by atoms with Crippen LogP contribution in [-0.2, 0) is 77.5 Å². The van der Waals surface area contributed by atoms with E-state index in [0.717, 1.165) is 0 Å². The van der Waals surface area contributed by atoms with E-state index in [9.17, 15) is 71.6 Å². The maximum absolute atomic E-state index is 12.0. The van der Waals surface area contributed by atoms with Crippen molar-refractivity contribution in [2.45, 2.75) is 82.3 Å². The number of nitrogens with two attached hydrogens (primary N) is 3. The molecule has 0 saturated carbocycles. The molecule has 2 aliphatic heterocycles. The molecule has 19 N–H and O–H groups in total. The van der Waals surface area contributed by atoms with Gasteiger partial charge < -0.3 is 101 Å². The summed E-state index contributed by atoms with van der Waals surface area (Å²) in [6, 6.07) is 1.56. The lowest BCUT2D eigenvalue weighted by Gasteiger charge is -2.19. The zero-order valence-electron chi connectivity index (χ0n) is 42.9. The zero-order chi connectivity index (χ0) is 61.7. The molecule has 44 heteroatoms. The minimum absolute atomic E-state index is 0.000549. The molecule has 0 spiro atoms. The molecule has 4 aromatic rings. The van der Waals surface area contributed by atoms with E-state index in [4.69, 9.17) is 46.2 Å². The second kappa shape index (κ2) is 29.4. The molecule has 2 aliphatic rings. The largest absolute Gasteiger partial charge is 0.490 e. The second-order valence-corrected chi connectivity index (χ2v) is 26.1. The number of nitrogens with one attached hydrogen (secondary N) is 3. The fourth-order valence-electron chi connectivity index (χ4n) is 7.47. The summed E-state index contributed by atoms with van der Waals surface area (Å²) >= 11 is 0. The average molecular weight is 1300 g/mol. The summed E-state index contributed by atoms with van der Waals surface area (Å²) in [5.74, 6) is 10.8. The van der Waals surface area contributed by atoms with Gasteiger partial charge in [0.05, 0.1) is 60.4 Å². The number of amides is 3. The molecule has 0 aliphatic carbocycles. The van der Waals surface area contributed by atoms with Crippen molar-refractivity contribution in [1.82, 2.24) is 40.0 Å². The zero-order valence-corrected chi connectivity index (χ0v) is 48.3. The minimum Gasteiger partial charge on any atom is -0.398 e. The molecule has 0 aromatic carbocycles. The van der Waals surface area contributed by atoms with Crippen LogP contribution in [-0.4, -0.2) is 155 Å². The Balaban J connectivity index is 0.000000305. The Morgan fingerprint density at radius 1 is 0.663 bits per heavy atom. The third-order valence-corrected chi connectivity index (χ3v) is 18.4. The molecule has 10 atom stereocenters. The fourth-order valence-corrected chi connectivity index (χ4v) is 13.5. The van der Waals surface area contributed by atoms with Crippen molar-refractivity contribution >= 4 is 98.2 Å². The molecule has 0 bridgehead atoms. The van der Waals surface area contributed by atoms with Gasteiger partial charge in [0.2, 0.25) is 17.7 Å². The van der Waals surface area contributed by atoms with Crippen LogP contribution in [0.3, 0.4) is 0 Å². The Bertz CT molecular complexity index is 3430. The molecule has 6 heterocycles. The van der Waals surface area contributed by atoms with Gasteiger partial charge in [0.15, 0.2) is 0 Å². The topological polar surface area (TPSA) is 592 Å². The van der Waals surface area contributed by atoms with Crippen molar-refractivity contribution in [2.75, 3.05) is 50.9 Å². The van der Waals surface area contributed by atoms with Gasteiger partial charge in [-0.3, -0.25) is 23.4 Å². The normalized spacial score (nSPS) is 21.8. The molecule has 38 nitrogen and oxygen atoms in total. The van der Waals surface area contributed by atoms with E-state index in [2.05, 4.69) is 80.9 Å². The predicted octanol–water partition coefficient (Wildman–Crippen LogP) is -0.794. The van der Waals surface area contributed by atoms with Gasteiger partial charge in [-0.05, 0) is 25.5 Å². The van der Waals surface area contributed by atoms with Crippen LogP contribution in [0, 0.1) is 23.7 Å². The highest BCUT2D eigenvalue weighted by Gasteiger charge is 2.45. The number of aliphatic hydroxyl groups excluding tert-OH is 2. The van der Waals surface area contributed by atoms with Crippen LogP contribution in [0.5, 0.6) is 0 Å². The summed E-state index contributed by atoms with van der Waals surface area (Å²) in [7, 11) is -33.3. The lowest BCUT2D eigenvalue weighted by molar-refractivity contribution is -0.122. The lowest BCUT2D eigenvalue weighted by atomic mass is 10.2. The third-order valence-electron chi connectivity index (χ3n) is 10.8. The third kappa shape index (κ3) is 22.1. The van der Waals surface area contributed by atoms with E-state index < -0.39 is 97.0 Å². The smallest absolute Gasteiger partial charge is 0.398 e. The number of carbonyl (C=O) groups is 3. The molecule has 6 unspecified atom stereocenters. The van der Waals surface area contributed by atoms with Crippen LogP contribution in [0.4, 0.5) is 11.5 Å². The van der Waals surface area contributed by atoms with Crippen molar-refractivity contribution in [1.29, 1.82) is 0 Å². The fraction of sp³-hybridized carbons (Fsp3) is 0.487. The van der Waals surface area contributed by atoms with Crippen LogP contribution in [0.2, 0.25) is 0 Å². The molecular weight excluding hydrogens is 1240 g/mol. The number of anilines is 2. The van der Waals surface area contributed by atoms with Crippen molar-refractivity contribution in [3.8, 4) is 23.7 Å². The number of hydrogen-bond donors (Lipinski definition) is 16. The van der Waals surface area contributed by atoms with E-state index in [0.29, 0.717) is 59.2 Å². The van der Waals surface area contributed by atoms with Crippen LogP contribution in [0.25, 0.3) is 22.1 Å². The summed E-state index contributed by atoms with van der Waals surface area (Å²) in [5.41, 5.74) is 19.3. The lowest BCUT2D eigenvalue weighted by Crippen LogP contribution is -2.26. The summed E-state index contributed by atoms with van der Waals surface area (Å²) in [6.07, 6.45) is 0.172. The number of hydrogen-bond acceptors (Lipinski definition) is 25. The number of nitrogen functional groups attached to an aromatic ring is 2. The number of aliphatic hydroxyl groups is 2. The van der Waals surface area contributed by atoms with E-state index in [-0.39, 0.29) is 68.0 Å². The molecule has 4 aromatic heterocycles. The number of pyridine rings is 1. The maximum atomic E-state index is 12.0. The molecule has 0 radical (unpaired) electrons. The second-order valence-electron chi connectivity index (χ2n) is 17.2. The Kier molecular flexibility index (Phi) is 24.4. The van der Waals surface area contributed by atoms with Gasteiger partial charge in [0, 0.05) is 63.4 Å². The number of rotatable bonds is 25. The van der Waals surface area contributed by atoms with Crippen LogP contribution in [0.1, 0.15) is 69.0 Å². The van der Waals surface area contributed by atoms with Crippen molar-refractivity contribution in [3.63, 3.8) is 0 Å². The van der Waals surface area contributed by atoms with Gasteiger partial charge in [0.25, 0.3) is 0 Å². The first-order valence-corrected chi connectivity index (χ1v) is 32.7. The highest BCUT2D eigenvalue weighted by molar-refractivity contribution is 7.67. The Labute approximate surface area is 468 Å². The van der Waals surface area contributed by atoms with E-state index in [1.807, 2.05) is 0 Å². The van der Waals surface area contributed by atoms with Crippen LogP contribution in [0.15, 0.2) is 31.0 Å². The Morgan fingerprint density at radius 3 is 1.58 bits per heavy atom. The van der Waals surface area contributed by atoms with E-state index >= 15 is 0 Å². The van der Waals surface area contributed by atoms with Crippen molar-refractivity contribution in [2.24, 2.45) is 5.73 Å². The quantitative estimate of drug-likeness (QED) is 0.0220. The Hall–Kier alpha value is -4.94. The number of fused-ring (bicyclic) bond motifs is 2. The molecule has 460 valence electrons. The molecule has 2 fully saturated rings. The van der Waals surface area contributed by atoms with Gasteiger partial charge >= 0.3 is 46.9 Å². The first-order chi connectivity index (χ1) is 38.6. The van der Waals surface area contributed by atoms with E-state index in [1.54, 1.807) is 12.3 Å². The summed E-state index contributed by atoms with van der Waals surface area (Å²) in [4.78, 5) is 119. The SMILES string of the molecule is CC(=O)NCCCC(=O)NCC#Cc1cn([C@H]2CC(O)[C@@H](COP(=O)(O)OP(=O)(O)OP(=O)(O)O)O2)c2ncnc(N)c12.NCCCC(=O)NCC#Cc1cn([C@H]2CC(O)[C@@H](COP(=O)(O)OP(=O)(O)OP(=O)(O)O)O2)c2nccc(N)c12. The summed E-state index contributed by atoms with van der Waals surface area (Å²) in [5, 5.41) is 29.6. The highest BCUT2D eigenvalue weighted by Crippen LogP contribution is 2.67. The van der Waals surface area contributed by atoms with Crippen LogP contribution >= 0.6 is 46.9 Å². The molecule has 2 saturated heterocycles. The first kappa shape index (κ1) is 68.8. The molecular formula is C39H57N11O27P6. The van der Waals surface area contributed by atoms with Gasteiger partial charge in [0.1, 0.15) is 48.1 Å². The number of ether oxygens (including phenoxy) is 2. The number of phosphoric ester groups is 2. The predicted molar refractivity (Wildman–Crippen MR) is 281 cm³/mol. The Morgan fingerprint density at radius 2 is 1.12 bits per heavy atom. The van der Waals surface area contributed by atoms with Crippen molar-refractivity contribution < 1.29 is 127 Å². The number of phosphoric acid groups is 6. The summed E-state index contributed by atoms with van der Waals surface area (Å²) < 4.78 is 107. The highest BCUT2D eigenvalue weighted by atomic mass is 31.3. The van der Waals surface area contributed by atoms with Gasteiger partial charge in [-0.15, -0.1) is 0 Å². The van der Waals surface area contributed by atoms with Gasteiger partial charge in [-0.25, -0.2) is 42.3 Å². The average Bonchev–Trinajstić information content (AvgIpc) is 3.27. The van der Waals surface area contributed by atoms with E-state index in [1.165, 1.54) is 34.8 Å². The van der Waals surface area contributed by atoms with Crippen molar-refractivity contribution in [3.05, 3.63) is 42.1 Å². The molecule has 3 amide bonds. The van der Waals surface area contributed by atoms with Gasteiger partial charge in [-0.2, -0.15) is 17.2 Å². The molecule has 6 rings (SSSR count). The van der Waals surface area contributed by atoms with Crippen LogP contribution < -0.4 is 33.2 Å². The standard InChI is InChI=1S/C20H29N6O14P3.C19H28N5O13P3/c1-12(27)22-6-3-5-16(29)23-7-2-4-13-9-26(20-18(13)19(21)24-11-25-20)17-8-14(28)15(38-17)10-37-42(33,34)40-43(35,36)39-41(30,31)32;20-6-1-4-16(26)22-7-2-3-12-10-24(19-18(12)13(21)5-8-23-19)17-9-14(25)15(35-17)11-34-39(30,31)37-40(32,33)36-38(27,28)29/h9,11,14-15,17,28H,3,5-8,10H2,1H3,(H,22,27)(H,23,29)(H,33,34)(H,35,36)(H2,21,24,25)(H2,30,31,32);5,8,10,14-15,17,25H,1,4,6-7,9,11,20H2,(H2,21,23)(H,22,26)(H,30,31)(H,32,33)(H2,27,28,29)/t2*14?,15-,17-/m11/s1. The monoisotopic (exact) mass is 1300 g/mol.